The van der Waals surface area contributed by atoms with Gasteiger partial charge in [0.05, 0.1) is 11.9 Å². The third-order valence-corrected chi connectivity index (χ3v) is 8.50. The lowest BCUT2D eigenvalue weighted by molar-refractivity contribution is -0.00520. The molecule has 0 atom stereocenters. The molecule has 2 aromatic rings. The van der Waals surface area contributed by atoms with E-state index >= 15 is 0 Å². The fraction of sp³-hybridized carbons (Fsp3) is 0.500. The number of halogens is 1. The molecule has 0 aliphatic heterocycles. The fourth-order valence-corrected chi connectivity index (χ4v) is 7.13. The highest BCUT2D eigenvalue weighted by Crippen LogP contribution is 2.61. The first-order valence-corrected chi connectivity index (χ1v) is 12.1. The number of hydrogen-bond acceptors (Lipinski definition) is 4. The summed E-state index contributed by atoms with van der Waals surface area (Å²) in [5.74, 6) is 2.02. The minimum Gasteiger partial charge on any atom is -0.494 e. The summed E-state index contributed by atoms with van der Waals surface area (Å²) in [4.78, 5) is 40.3. The number of aromatic nitrogens is 2. The average molecular weight is 515 g/mol. The van der Waals surface area contributed by atoms with Gasteiger partial charge in [-0.15, -0.1) is 0 Å². The topological polar surface area (TPSA) is 106 Å². The SMILES string of the molecule is Cn1c(O)c(C=NC(=O)Nc2ccc(C34CC5CC(CC(C5)C3)C4)cc2Br)c(=O)n(C)c1=O. The lowest BCUT2D eigenvalue weighted by Crippen LogP contribution is -2.48. The molecule has 0 saturated heterocycles. The number of amides is 2. The predicted molar refractivity (Wildman–Crippen MR) is 129 cm³/mol. The molecule has 2 N–H and O–H groups in total. The minimum absolute atomic E-state index is 0.231. The van der Waals surface area contributed by atoms with Gasteiger partial charge < -0.3 is 10.4 Å². The highest BCUT2D eigenvalue weighted by Gasteiger charge is 2.51. The van der Waals surface area contributed by atoms with Crippen molar-refractivity contribution in [2.45, 2.75) is 43.9 Å². The molecule has 4 aliphatic rings. The fourth-order valence-electron chi connectivity index (χ4n) is 6.65. The average Bonchev–Trinajstić information content (AvgIpc) is 2.77. The summed E-state index contributed by atoms with van der Waals surface area (Å²) in [6, 6.07) is 5.45. The van der Waals surface area contributed by atoms with Crippen LogP contribution >= 0.6 is 15.9 Å². The lowest BCUT2D eigenvalue weighted by atomic mass is 9.48. The number of urea groups is 1. The van der Waals surface area contributed by atoms with Gasteiger partial charge in [0.1, 0.15) is 5.56 Å². The van der Waals surface area contributed by atoms with E-state index in [0.717, 1.165) is 37.6 Å². The largest absolute Gasteiger partial charge is 0.494 e. The molecule has 2 amide bonds. The van der Waals surface area contributed by atoms with Crippen molar-refractivity contribution in [2.24, 2.45) is 36.8 Å². The third-order valence-electron chi connectivity index (χ3n) is 7.84. The molecule has 4 bridgehead atoms. The Labute approximate surface area is 199 Å². The second-order valence-corrected chi connectivity index (χ2v) is 10.9. The maximum Gasteiger partial charge on any atom is 0.345 e. The number of aliphatic imine (C=N–C) groups is 1. The summed E-state index contributed by atoms with van der Waals surface area (Å²) in [6.07, 6.45) is 8.94. The van der Waals surface area contributed by atoms with Crippen molar-refractivity contribution in [2.75, 3.05) is 5.32 Å². The van der Waals surface area contributed by atoms with Crippen LogP contribution in [0, 0.1) is 17.8 Å². The van der Waals surface area contributed by atoms with Crippen LogP contribution < -0.4 is 16.6 Å². The summed E-state index contributed by atoms with van der Waals surface area (Å²) in [5, 5.41) is 12.8. The van der Waals surface area contributed by atoms with Crippen LogP contribution in [0.1, 0.15) is 49.7 Å². The van der Waals surface area contributed by atoms with Gasteiger partial charge in [-0.05, 0) is 95.3 Å². The predicted octanol–water partition coefficient (Wildman–Crippen LogP) is 3.67. The summed E-state index contributed by atoms with van der Waals surface area (Å²) >= 11 is 3.60. The van der Waals surface area contributed by atoms with E-state index in [4.69, 9.17) is 0 Å². The van der Waals surface area contributed by atoms with Crippen molar-refractivity contribution in [3.05, 3.63) is 54.6 Å². The smallest absolute Gasteiger partial charge is 0.345 e. The second kappa shape index (κ2) is 7.97. The van der Waals surface area contributed by atoms with Gasteiger partial charge in [0.15, 0.2) is 0 Å². The summed E-state index contributed by atoms with van der Waals surface area (Å²) < 4.78 is 2.55. The van der Waals surface area contributed by atoms with Crippen molar-refractivity contribution in [3.63, 3.8) is 0 Å². The first kappa shape index (κ1) is 22.1. The Morgan fingerprint density at radius 3 is 2.30 bits per heavy atom. The molecule has 174 valence electrons. The van der Waals surface area contributed by atoms with Crippen LogP contribution in [-0.2, 0) is 19.5 Å². The van der Waals surface area contributed by atoms with E-state index in [2.05, 4.69) is 38.4 Å². The van der Waals surface area contributed by atoms with Crippen LogP contribution in [0.3, 0.4) is 0 Å². The standard InChI is InChI=1S/C24H27BrN4O4/c1-28-20(30)17(21(31)29(2)23(28)33)12-26-22(32)27-19-4-3-16(8-18(19)25)24-9-13-5-14(10-24)7-15(6-13)11-24/h3-4,8,12-15,30H,5-7,9-11H2,1-2H3,(H,27,32). The Hall–Kier alpha value is -2.68. The van der Waals surface area contributed by atoms with E-state index in [-0.39, 0.29) is 11.0 Å². The number of rotatable bonds is 3. The number of nitrogens with zero attached hydrogens (tertiary/aromatic N) is 3. The molecule has 9 heteroatoms. The second-order valence-electron chi connectivity index (χ2n) is 10.0. The monoisotopic (exact) mass is 514 g/mol. The Balaban J connectivity index is 1.34. The van der Waals surface area contributed by atoms with E-state index in [1.165, 1.54) is 58.2 Å². The van der Waals surface area contributed by atoms with E-state index in [1.54, 1.807) is 0 Å². The number of hydrogen-bond donors (Lipinski definition) is 2. The Morgan fingerprint density at radius 2 is 1.73 bits per heavy atom. The van der Waals surface area contributed by atoms with Crippen molar-refractivity contribution >= 4 is 33.9 Å². The van der Waals surface area contributed by atoms with E-state index in [0.29, 0.717) is 5.69 Å². The maximum atomic E-state index is 12.4. The maximum absolute atomic E-state index is 12.4. The molecule has 6 rings (SSSR count). The van der Waals surface area contributed by atoms with Gasteiger partial charge in [-0.25, -0.2) is 14.6 Å². The summed E-state index contributed by atoms with van der Waals surface area (Å²) in [6.45, 7) is 0. The van der Waals surface area contributed by atoms with Gasteiger partial charge in [-0.3, -0.25) is 13.9 Å². The Kier molecular flexibility index (Phi) is 5.34. The molecule has 4 fully saturated rings. The molecule has 0 unspecified atom stereocenters. The number of anilines is 1. The zero-order chi connectivity index (χ0) is 23.5. The molecule has 4 aliphatic carbocycles. The summed E-state index contributed by atoms with van der Waals surface area (Å²) in [5.41, 5.74) is 0.567. The first-order chi connectivity index (χ1) is 15.7. The van der Waals surface area contributed by atoms with Crippen LogP contribution in [-0.4, -0.2) is 26.5 Å². The number of nitrogens with one attached hydrogen (secondary N) is 1. The highest BCUT2D eigenvalue weighted by atomic mass is 79.9. The Bertz CT molecular complexity index is 1260. The Morgan fingerprint density at radius 1 is 1.12 bits per heavy atom. The molecular weight excluding hydrogens is 488 g/mol. The molecule has 0 radical (unpaired) electrons. The molecule has 33 heavy (non-hydrogen) atoms. The molecule has 0 spiro atoms. The molecule has 1 heterocycles. The van der Waals surface area contributed by atoms with Crippen LogP contribution in [0.2, 0.25) is 0 Å². The molecule has 4 saturated carbocycles. The lowest BCUT2D eigenvalue weighted by Gasteiger charge is -2.57. The van der Waals surface area contributed by atoms with E-state index in [1.807, 2.05) is 6.07 Å². The molecule has 1 aromatic heterocycles. The molecular formula is C24H27BrN4O4. The van der Waals surface area contributed by atoms with Gasteiger partial charge in [0.25, 0.3) is 5.56 Å². The number of benzene rings is 1. The van der Waals surface area contributed by atoms with Gasteiger partial charge in [0.2, 0.25) is 5.88 Å². The van der Waals surface area contributed by atoms with E-state index < -0.39 is 23.2 Å². The first-order valence-electron chi connectivity index (χ1n) is 11.3. The van der Waals surface area contributed by atoms with Crippen molar-refractivity contribution in [1.82, 2.24) is 9.13 Å². The minimum atomic E-state index is -0.728. The zero-order valence-corrected chi connectivity index (χ0v) is 20.3. The van der Waals surface area contributed by atoms with Crippen LogP contribution in [0.5, 0.6) is 5.88 Å². The van der Waals surface area contributed by atoms with Gasteiger partial charge in [-0.1, -0.05) is 6.07 Å². The highest BCUT2D eigenvalue weighted by molar-refractivity contribution is 9.10. The van der Waals surface area contributed by atoms with Crippen molar-refractivity contribution in [1.29, 1.82) is 0 Å². The van der Waals surface area contributed by atoms with Crippen molar-refractivity contribution in [3.8, 4) is 5.88 Å². The van der Waals surface area contributed by atoms with Gasteiger partial charge >= 0.3 is 11.7 Å². The summed E-state index contributed by atoms with van der Waals surface area (Å²) in [7, 11) is 2.63. The van der Waals surface area contributed by atoms with Crippen LogP contribution in [0.4, 0.5) is 10.5 Å². The van der Waals surface area contributed by atoms with Crippen LogP contribution in [0.25, 0.3) is 0 Å². The van der Waals surface area contributed by atoms with Gasteiger partial charge in [0, 0.05) is 18.6 Å². The van der Waals surface area contributed by atoms with E-state index in [9.17, 15) is 19.5 Å². The number of aromatic hydroxyl groups is 1. The van der Waals surface area contributed by atoms with Crippen molar-refractivity contribution < 1.29 is 9.90 Å². The normalized spacial score (nSPS) is 27.9. The quantitative estimate of drug-likeness (QED) is 0.609. The van der Waals surface area contributed by atoms with Gasteiger partial charge in [-0.2, -0.15) is 0 Å². The number of carbonyl (C=O) groups is 1. The molecule has 8 nitrogen and oxygen atoms in total. The zero-order valence-electron chi connectivity index (χ0n) is 18.7. The number of carbonyl (C=O) groups excluding carboxylic acids is 1. The third kappa shape index (κ3) is 3.76. The molecule has 1 aromatic carbocycles. The van der Waals surface area contributed by atoms with Crippen LogP contribution in [0.15, 0.2) is 37.3 Å².